The largest absolute Gasteiger partial charge is 0.308 e. The lowest BCUT2D eigenvalue weighted by Crippen LogP contribution is -2.39. The summed E-state index contributed by atoms with van der Waals surface area (Å²) in [4.78, 5) is 26.1. The first-order valence-electron chi connectivity index (χ1n) is 6.80. The Labute approximate surface area is 112 Å². The Bertz CT molecular complexity index is 574. The lowest BCUT2D eigenvalue weighted by molar-refractivity contribution is -0.138. The number of rotatable bonds is 0. The highest BCUT2D eigenvalue weighted by Gasteiger charge is 2.34. The molecule has 1 amide bonds. The first-order valence-corrected chi connectivity index (χ1v) is 6.80. The van der Waals surface area contributed by atoms with Crippen LogP contribution in [-0.4, -0.2) is 18.7 Å². The first-order chi connectivity index (χ1) is 9.18. The predicted molar refractivity (Wildman–Crippen MR) is 74.8 cm³/mol. The molecule has 1 fully saturated rings. The van der Waals surface area contributed by atoms with Gasteiger partial charge >= 0.3 is 0 Å². The van der Waals surface area contributed by atoms with Gasteiger partial charge in [0.05, 0.1) is 5.69 Å². The average Bonchev–Trinajstić information content (AvgIpc) is 2.45. The lowest BCUT2D eigenvalue weighted by atomic mass is 9.79. The summed E-state index contributed by atoms with van der Waals surface area (Å²) in [6.45, 7) is 0. The molecule has 0 radical (unpaired) electrons. The minimum absolute atomic E-state index is 0.197. The molecule has 2 aliphatic rings. The Balaban J connectivity index is 2.17. The molecule has 1 aliphatic carbocycles. The fourth-order valence-corrected chi connectivity index (χ4v) is 3.05. The minimum atomic E-state index is -0.384. The Hall–Kier alpha value is -1.90. The number of nitrogens with zero attached hydrogens (tertiary/aromatic N) is 1. The summed E-state index contributed by atoms with van der Waals surface area (Å²) in [5.41, 5.74) is 2.98. The Morgan fingerprint density at radius 1 is 1.16 bits per heavy atom. The number of carbonyl (C=O) groups is 2. The number of likely N-dealkylation sites (N-methyl/N-ethyl adjacent to an activating group) is 1. The number of ketones is 1. The van der Waals surface area contributed by atoms with Crippen molar-refractivity contribution in [3.63, 3.8) is 0 Å². The molecule has 3 rings (SSSR count). The molecule has 1 aromatic rings. The first kappa shape index (κ1) is 12.2. The SMILES string of the molecule is CN1C(=O)C(=O)C2CCCC/C2=C/c2ccccc21. The van der Waals surface area contributed by atoms with Gasteiger partial charge in [0.25, 0.3) is 5.91 Å². The molecule has 1 saturated carbocycles. The molecule has 0 N–H and O–H groups in total. The maximum absolute atomic E-state index is 12.3. The number of fused-ring (bicyclic) bond motifs is 2. The van der Waals surface area contributed by atoms with E-state index < -0.39 is 0 Å². The maximum Gasteiger partial charge on any atom is 0.294 e. The van der Waals surface area contributed by atoms with E-state index in [9.17, 15) is 9.59 Å². The molecule has 1 heterocycles. The van der Waals surface area contributed by atoms with E-state index in [0.717, 1.165) is 42.5 Å². The third-order valence-corrected chi connectivity index (χ3v) is 4.13. The van der Waals surface area contributed by atoms with Crippen LogP contribution in [-0.2, 0) is 9.59 Å². The summed E-state index contributed by atoms with van der Waals surface area (Å²) in [6, 6.07) is 7.76. The van der Waals surface area contributed by atoms with Gasteiger partial charge in [-0.3, -0.25) is 9.59 Å². The van der Waals surface area contributed by atoms with Crippen LogP contribution in [0.15, 0.2) is 29.8 Å². The monoisotopic (exact) mass is 255 g/mol. The third kappa shape index (κ3) is 1.99. The van der Waals surface area contributed by atoms with E-state index in [0.29, 0.717) is 0 Å². The van der Waals surface area contributed by atoms with Gasteiger partial charge in [-0.1, -0.05) is 36.3 Å². The maximum atomic E-state index is 12.3. The van der Waals surface area contributed by atoms with Crippen LogP contribution in [0, 0.1) is 5.92 Å². The van der Waals surface area contributed by atoms with Gasteiger partial charge in [-0.2, -0.15) is 0 Å². The highest BCUT2D eigenvalue weighted by molar-refractivity contribution is 6.42. The van der Waals surface area contributed by atoms with Crippen LogP contribution in [0.25, 0.3) is 6.08 Å². The number of allylic oxidation sites excluding steroid dienone is 1. The normalized spacial score (nSPS) is 25.8. The molecule has 3 nitrogen and oxygen atoms in total. The molecule has 19 heavy (non-hydrogen) atoms. The number of para-hydroxylation sites is 1. The van der Waals surface area contributed by atoms with Crippen molar-refractivity contribution in [2.24, 2.45) is 5.92 Å². The van der Waals surface area contributed by atoms with Gasteiger partial charge in [-0.15, -0.1) is 0 Å². The fourth-order valence-electron chi connectivity index (χ4n) is 3.05. The number of amides is 1. The van der Waals surface area contributed by atoms with Crippen molar-refractivity contribution in [1.82, 2.24) is 0 Å². The van der Waals surface area contributed by atoms with E-state index in [-0.39, 0.29) is 17.6 Å². The van der Waals surface area contributed by atoms with E-state index >= 15 is 0 Å². The van der Waals surface area contributed by atoms with E-state index in [1.54, 1.807) is 7.05 Å². The van der Waals surface area contributed by atoms with Crippen LogP contribution in [0.5, 0.6) is 0 Å². The van der Waals surface area contributed by atoms with Gasteiger partial charge in [0, 0.05) is 13.0 Å². The van der Waals surface area contributed by atoms with Crippen LogP contribution in [0.3, 0.4) is 0 Å². The second-order valence-corrected chi connectivity index (χ2v) is 5.30. The highest BCUT2D eigenvalue weighted by atomic mass is 16.2. The smallest absolute Gasteiger partial charge is 0.294 e. The van der Waals surface area contributed by atoms with Gasteiger partial charge in [-0.05, 0) is 30.9 Å². The minimum Gasteiger partial charge on any atom is -0.308 e. The van der Waals surface area contributed by atoms with Gasteiger partial charge in [0.2, 0.25) is 5.78 Å². The highest BCUT2D eigenvalue weighted by Crippen LogP contribution is 2.35. The molecule has 3 heteroatoms. The molecule has 1 aliphatic heterocycles. The van der Waals surface area contributed by atoms with Crippen LogP contribution in [0.2, 0.25) is 0 Å². The van der Waals surface area contributed by atoms with Gasteiger partial charge < -0.3 is 4.90 Å². The second-order valence-electron chi connectivity index (χ2n) is 5.30. The number of anilines is 1. The summed E-state index contributed by atoms with van der Waals surface area (Å²) < 4.78 is 0. The molecular formula is C16H17NO2. The van der Waals surface area contributed by atoms with Crippen molar-refractivity contribution in [3.05, 3.63) is 35.4 Å². The van der Waals surface area contributed by atoms with Crippen molar-refractivity contribution in [3.8, 4) is 0 Å². The van der Waals surface area contributed by atoms with Crippen molar-refractivity contribution in [2.75, 3.05) is 11.9 Å². The Morgan fingerprint density at radius 3 is 2.79 bits per heavy atom. The summed E-state index contributed by atoms with van der Waals surface area (Å²) >= 11 is 0. The zero-order chi connectivity index (χ0) is 13.4. The molecule has 1 atom stereocenters. The van der Waals surface area contributed by atoms with Crippen molar-refractivity contribution < 1.29 is 9.59 Å². The number of Topliss-reactive ketones (excluding diaryl/α,β-unsaturated/α-hetero) is 1. The predicted octanol–water partition coefficient (Wildman–Crippen LogP) is 2.81. The van der Waals surface area contributed by atoms with Crippen LogP contribution in [0.4, 0.5) is 5.69 Å². The Kier molecular flexibility index (Phi) is 2.97. The van der Waals surface area contributed by atoms with E-state index in [2.05, 4.69) is 6.08 Å². The molecule has 0 bridgehead atoms. The number of carbonyl (C=O) groups excluding carboxylic acids is 2. The molecule has 98 valence electrons. The molecule has 0 aromatic heterocycles. The standard InChI is InChI=1S/C16H17NO2/c1-17-14-9-5-3-7-12(14)10-11-6-2-4-8-13(11)15(18)16(17)19/h3,5,7,9-10,13H,2,4,6,8H2,1H3/b11-10-. The topological polar surface area (TPSA) is 37.4 Å². The lowest BCUT2D eigenvalue weighted by Gasteiger charge is -2.29. The summed E-state index contributed by atoms with van der Waals surface area (Å²) in [5, 5.41) is 0. The molecule has 0 spiro atoms. The van der Waals surface area contributed by atoms with Crippen molar-refractivity contribution in [2.45, 2.75) is 25.7 Å². The van der Waals surface area contributed by atoms with Crippen LogP contribution < -0.4 is 4.90 Å². The zero-order valence-corrected chi connectivity index (χ0v) is 11.1. The van der Waals surface area contributed by atoms with E-state index in [1.165, 1.54) is 4.90 Å². The number of hydrogen-bond acceptors (Lipinski definition) is 2. The number of hydrogen-bond donors (Lipinski definition) is 0. The summed E-state index contributed by atoms with van der Waals surface area (Å²) in [6.07, 6.45) is 6.00. The molecular weight excluding hydrogens is 238 g/mol. The van der Waals surface area contributed by atoms with Gasteiger partial charge in [0.15, 0.2) is 0 Å². The van der Waals surface area contributed by atoms with Crippen LogP contribution >= 0.6 is 0 Å². The average molecular weight is 255 g/mol. The number of benzene rings is 1. The van der Waals surface area contributed by atoms with Crippen LogP contribution in [0.1, 0.15) is 31.2 Å². The van der Waals surface area contributed by atoms with E-state index in [4.69, 9.17) is 0 Å². The zero-order valence-electron chi connectivity index (χ0n) is 11.1. The fraction of sp³-hybridized carbons (Fsp3) is 0.375. The molecule has 1 unspecified atom stereocenters. The van der Waals surface area contributed by atoms with E-state index in [1.807, 2.05) is 24.3 Å². The Morgan fingerprint density at radius 2 is 1.95 bits per heavy atom. The second kappa shape index (κ2) is 4.65. The summed E-state index contributed by atoms with van der Waals surface area (Å²) in [5.74, 6) is -0.829. The molecule has 1 aromatic carbocycles. The van der Waals surface area contributed by atoms with Gasteiger partial charge in [-0.25, -0.2) is 0 Å². The van der Waals surface area contributed by atoms with Gasteiger partial charge in [0.1, 0.15) is 0 Å². The van der Waals surface area contributed by atoms with Crippen molar-refractivity contribution in [1.29, 1.82) is 0 Å². The quantitative estimate of drug-likeness (QED) is 0.668. The summed E-state index contributed by atoms with van der Waals surface area (Å²) in [7, 11) is 1.68. The third-order valence-electron chi connectivity index (χ3n) is 4.13. The molecule has 0 saturated heterocycles. The van der Waals surface area contributed by atoms with Crippen molar-refractivity contribution >= 4 is 23.5 Å².